The van der Waals surface area contributed by atoms with Crippen LogP contribution in [-0.2, 0) is 4.79 Å². The molecule has 1 aliphatic heterocycles. The van der Waals surface area contributed by atoms with Gasteiger partial charge in [-0.3, -0.25) is 9.79 Å². The molecule has 0 aromatic heterocycles. The third-order valence-corrected chi connectivity index (χ3v) is 2.48. The number of likely N-dealkylation sites (N-methyl/N-ethyl adjacent to an activating group) is 1. The number of rotatable bonds is 1. The summed E-state index contributed by atoms with van der Waals surface area (Å²) in [6.45, 7) is 5.85. The first-order chi connectivity index (χ1) is 7.70. The zero-order valence-corrected chi connectivity index (χ0v) is 10.3. The minimum absolute atomic E-state index is 0.0497. The van der Waals surface area contributed by atoms with Gasteiger partial charge in [-0.2, -0.15) is 0 Å². The Labute approximate surface area is 96.8 Å². The normalized spacial score (nSPS) is 19.0. The molecule has 0 saturated carbocycles. The summed E-state index contributed by atoms with van der Waals surface area (Å²) in [5.74, 6) is 0.831. The van der Waals surface area contributed by atoms with E-state index in [4.69, 9.17) is 0 Å². The van der Waals surface area contributed by atoms with Crippen molar-refractivity contribution in [3.63, 3.8) is 0 Å². The number of carbonyl (C=O) groups excluding carboxylic acids is 1. The highest BCUT2D eigenvalue weighted by atomic mass is 16.2. The van der Waals surface area contributed by atoms with Gasteiger partial charge in [-0.1, -0.05) is 44.2 Å². The minimum Gasteiger partial charge on any atom is -0.302 e. The summed E-state index contributed by atoms with van der Waals surface area (Å²) in [6, 6.07) is 9.30. The molecule has 1 aliphatic rings. The van der Waals surface area contributed by atoms with Crippen molar-refractivity contribution in [1.82, 2.24) is 4.90 Å². The van der Waals surface area contributed by atoms with E-state index in [1.807, 2.05) is 51.1 Å². The molecular weight excluding hydrogens is 200 g/mol. The maximum absolute atomic E-state index is 11.7. The lowest BCUT2D eigenvalue weighted by atomic mass is 10.1. The van der Waals surface area contributed by atoms with Gasteiger partial charge in [-0.05, 0) is 12.5 Å². The van der Waals surface area contributed by atoms with Crippen LogP contribution in [0.1, 0.15) is 32.4 Å². The van der Waals surface area contributed by atoms with Crippen LogP contribution in [0.5, 0.6) is 0 Å². The molecule has 3 heteroatoms. The van der Waals surface area contributed by atoms with Crippen LogP contribution in [0, 0.1) is 0 Å². The van der Waals surface area contributed by atoms with Crippen LogP contribution in [0.2, 0.25) is 0 Å². The van der Waals surface area contributed by atoms with Gasteiger partial charge >= 0.3 is 0 Å². The lowest BCUT2D eigenvalue weighted by molar-refractivity contribution is -0.126. The van der Waals surface area contributed by atoms with E-state index >= 15 is 0 Å². The molecule has 1 heterocycles. The molecule has 0 saturated heterocycles. The first-order valence-electron chi connectivity index (χ1n) is 5.57. The fraction of sp³-hybridized carbons (Fsp3) is 0.385. The molecule has 16 heavy (non-hydrogen) atoms. The highest BCUT2D eigenvalue weighted by Gasteiger charge is 2.30. The number of hydrogen-bond donors (Lipinski definition) is 0. The Morgan fingerprint density at radius 2 is 1.75 bits per heavy atom. The summed E-state index contributed by atoms with van der Waals surface area (Å²) in [4.78, 5) is 17.6. The number of amides is 1. The molecule has 1 amide bonds. The van der Waals surface area contributed by atoms with Crippen molar-refractivity contribution in [3.05, 3.63) is 35.9 Å². The van der Waals surface area contributed by atoms with E-state index in [9.17, 15) is 4.79 Å². The second-order valence-corrected chi connectivity index (χ2v) is 3.39. The van der Waals surface area contributed by atoms with Crippen molar-refractivity contribution in [1.29, 1.82) is 0 Å². The predicted molar refractivity (Wildman–Crippen MR) is 66.4 cm³/mol. The minimum atomic E-state index is -0.332. The first kappa shape index (κ1) is 12.4. The Hall–Kier alpha value is -1.64. The van der Waals surface area contributed by atoms with Gasteiger partial charge in [0.1, 0.15) is 5.84 Å². The van der Waals surface area contributed by atoms with E-state index in [0.717, 1.165) is 11.4 Å². The van der Waals surface area contributed by atoms with Gasteiger partial charge in [0.25, 0.3) is 5.91 Å². The first-order valence-corrected chi connectivity index (χ1v) is 5.57. The van der Waals surface area contributed by atoms with Crippen LogP contribution in [0.3, 0.4) is 0 Å². The SMILES string of the molecule is CC.CC1=NC(c2ccccc2)C(=O)N1C. The van der Waals surface area contributed by atoms with Gasteiger partial charge in [0, 0.05) is 7.05 Å². The van der Waals surface area contributed by atoms with Crippen LogP contribution >= 0.6 is 0 Å². The lowest BCUT2D eigenvalue weighted by Gasteiger charge is -2.10. The molecule has 0 fully saturated rings. The zero-order chi connectivity index (χ0) is 12.1. The molecule has 0 radical (unpaired) electrons. The van der Waals surface area contributed by atoms with Crippen LogP contribution < -0.4 is 0 Å². The largest absolute Gasteiger partial charge is 0.302 e. The van der Waals surface area contributed by atoms with Crippen LogP contribution in [0.15, 0.2) is 35.3 Å². The quantitative estimate of drug-likeness (QED) is 0.713. The molecule has 0 spiro atoms. The summed E-state index contributed by atoms with van der Waals surface area (Å²) < 4.78 is 0. The monoisotopic (exact) mass is 218 g/mol. The smallest absolute Gasteiger partial charge is 0.257 e. The molecule has 0 aliphatic carbocycles. The van der Waals surface area contributed by atoms with Crippen LogP contribution in [-0.4, -0.2) is 23.7 Å². The molecule has 3 nitrogen and oxygen atoms in total. The van der Waals surface area contributed by atoms with E-state index in [1.54, 1.807) is 11.9 Å². The van der Waals surface area contributed by atoms with Gasteiger partial charge < -0.3 is 4.90 Å². The molecule has 1 atom stereocenters. The highest BCUT2D eigenvalue weighted by molar-refractivity contribution is 6.04. The van der Waals surface area contributed by atoms with E-state index < -0.39 is 0 Å². The number of carbonyl (C=O) groups is 1. The van der Waals surface area contributed by atoms with Crippen molar-refractivity contribution in [2.75, 3.05) is 7.05 Å². The van der Waals surface area contributed by atoms with E-state index in [0.29, 0.717) is 0 Å². The van der Waals surface area contributed by atoms with Gasteiger partial charge in [-0.15, -0.1) is 0 Å². The second-order valence-electron chi connectivity index (χ2n) is 3.39. The van der Waals surface area contributed by atoms with Crippen molar-refractivity contribution >= 4 is 11.7 Å². The molecule has 1 aromatic rings. The molecule has 1 unspecified atom stereocenters. The van der Waals surface area contributed by atoms with Gasteiger partial charge in [0.05, 0.1) is 0 Å². The van der Waals surface area contributed by atoms with Gasteiger partial charge in [0.2, 0.25) is 0 Å². The number of amidine groups is 1. The molecular formula is C13H18N2O. The van der Waals surface area contributed by atoms with Crippen molar-refractivity contribution < 1.29 is 4.79 Å². The summed E-state index contributed by atoms with van der Waals surface area (Å²) in [5, 5.41) is 0. The Bertz CT molecular complexity index is 384. The molecule has 2 rings (SSSR count). The topological polar surface area (TPSA) is 32.7 Å². The third kappa shape index (κ3) is 2.30. The number of hydrogen-bond acceptors (Lipinski definition) is 2. The van der Waals surface area contributed by atoms with Crippen LogP contribution in [0.25, 0.3) is 0 Å². The lowest BCUT2D eigenvalue weighted by Crippen LogP contribution is -2.27. The summed E-state index contributed by atoms with van der Waals surface area (Å²) in [6.07, 6.45) is 0. The third-order valence-electron chi connectivity index (χ3n) is 2.48. The van der Waals surface area contributed by atoms with Gasteiger partial charge in [-0.25, -0.2) is 0 Å². The van der Waals surface area contributed by atoms with Crippen molar-refractivity contribution in [3.8, 4) is 0 Å². The van der Waals surface area contributed by atoms with E-state index in [2.05, 4.69) is 4.99 Å². The van der Waals surface area contributed by atoms with E-state index in [-0.39, 0.29) is 11.9 Å². The summed E-state index contributed by atoms with van der Waals surface area (Å²) >= 11 is 0. The fourth-order valence-electron chi connectivity index (χ4n) is 1.52. The standard InChI is InChI=1S/C11H12N2O.C2H6/c1-8-12-10(11(14)13(8)2)9-6-4-3-5-7-9;1-2/h3-7,10H,1-2H3;1-2H3. The molecule has 86 valence electrons. The molecule has 1 aromatic carbocycles. The molecule has 0 bridgehead atoms. The van der Waals surface area contributed by atoms with Crippen molar-refractivity contribution in [2.24, 2.45) is 4.99 Å². The summed E-state index contributed by atoms with van der Waals surface area (Å²) in [5.41, 5.74) is 0.959. The number of nitrogens with zero attached hydrogens (tertiary/aromatic N) is 2. The predicted octanol–water partition coefficient (Wildman–Crippen LogP) is 2.64. The average Bonchev–Trinajstić information content (AvgIpc) is 2.61. The number of benzene rings is 1. The Morgan fingerprint density at radius 1 is 1.19 bits per heavy atom. The van der Waals surface area contributed by atoms with E-state index in [1.165, 1.54) is 0 Å². The fourth-order valence-corrected chi connectivity index (χ4v) is 1.52. The highest BCUT2D eigenvalue weighted by Crippen LogP contribution is 2.24. The average molecular weight is 218 g/mol. The number of aliphatic imine (C=N–C) groups is 1. The van der Waals surface area contributed by atoms with Crippen molar-refractivity contribution in [2.45, 2.75) is 26.8 Å². The Morgan fingerprint density at radius 3 is 2.19 bits per heavy atom. The Balaban J connectivity index is 0.000000606. The maximum Gasteiger partial charge on any atom is 0.257 e. The Kier molecular flexibility index (Phi) is 4.23. The second kappa shape index (κ2) is 5.45. The summed E-state index contributed by atoms with van der Waals surface area (Å²) in [7, 11) is 1.75. The molecule has 0 N–H and O–H groups in total. The van der Waals surface area contributed by atoms with Crippen LogP contribution in [0.4, 0.5) is 0 Å². The van der Waals surface area contributed by atoms with Gasteiger partial charge in [0.15, 0.2) is 6.04 Å². The maximum atomic E-state index is 11.7. The zero-order valence-electron chi connectivity index (χ0n) is 10.3.